The molecular formula is C15H24N2. The van der Waals surface area contributed by atoms with Crippen molar-refractivity contribution in [2.24, 2.45) is 11.1 Å². The zero-order valence-electron chi connectivity index (χ0n) is 10.9. The standard InChI is InChI=1S/C15H24N2/c1-15(8-5-9-15)13-17(11-10-16)12-14-6-3-2-4-7-14/h2-4,6-7H,5,8-13,16H2,1H3. The average molecular weight is 232 g/mol. The van der Waals surface area contributed by atoms with E-state index in [9.17, 15) is 0 Å². The quantitative estimate of drug-likeness (QED) is 0.817. The van der Waals surface area contributed by atoms with Gasteiger partial charge in [-0.3, -0.25) is 4.90 Å². The molecule has 0 heterocycles. The van der Waals surface area contributed by atoms with E-state index in [-0.39, 0.29) is 0 Å². The molecule has 94 valence electrons. The molecule has 0 aromatic heterocycles. The second-order valence-corrected chi connectivity index (χ2v) is 5.65. The van der Waals surface area contributed by atoms with Gasteiger partial charge in [-0.25, -0.2) is 0 Å². The summed E-state index contributed by atoms with van der Waals surface area (Å²) in [6, 6.07) is 10.7. The van der Waals surface area contributed by atoms with Crippen LogP contribution in [0.5, 0.6) is 0 Å². The first-order valence-electron chi connectivity index (χ1n) is 6.68. The molecule has 2 nitrogen and oxygen atoms in total. The number of nitrogens with two attached hydrogens (primary N) is 1. The van der Waals surface area contributed by atoms with Gasteiger partial charge < -0.3 is 5.73 Å². The molecule has 0 unspecified atom stereocenters. The first-order valence-corrected chi connectivity index (χ1v) is 6.68. The Morgan fingerprint density at radius 1 is 1.24 bits per heavy atom. The number of nitrogens with zero attached hydrogens (tertiary/aromatic N) is 1. The summed E-state index contributed by atoms with van der Waals surface area (Å²) >= 11 is 0. The predicted molar refractivity (Wildman–Crippen MR) is 72.7 cm³/mol. The van der Waals surface area contributed by atoms with E-state index >= 15 is 0 Å². The van der Waals surface area contributed by atoms with E-state index in [0.717, 1.165) is 19.6 Å². The van der Waals surface area contributed by atoms with Crippen molar-refractivity contribution >= 4 is 0 Å². The molecule has 1 fully saturated rings. The number of benzene rings is 1. The number of hydrogen-bond donors (Lipinski definition) is 1. The second kappa shape index (κ2) is 5.65. The Labute approximate surface area is 105 Å². The van der Waals surface area contributed by atoms with Crippen LogP contribution in [0.15, 0.2) is 30.3 Å². The van der Waals surface area contributed by atoms with Gasteiger partial charge in [0.25, 0.3) is 0 Å². The maximum atomic E-state index is 5.72. The fourth-order valence-electron chi connectivity index (χ4n) is 2.72. The van der Waals surface area contributed by atoms with Crippen molar-refractivity contribution < 1.29 is 0 Å². The fraction of sp³-hybridized carbons (Fsp3) is 0.600. The van der Waals surface area contributed by atoms with Crippen LogP contribution in [0.4, 0.5) is 0 Å². The molecular weight excluding hydrogens is 208 g/mol. The van der Waals surface area contributed by atoms with E-state index in [1.807, 2.05) is 0 Å². The van der Waals surface area contributed by atoms with E-state index in [0.29, 0.717) is 5.41 Å². The van der Waals surface area contributed by atoms with Crippen molar-refractivity contribution in [2.45, 2.75) is 32.7 Å². The minimum Gasteiger partial charge on any atom is -0.329 e. The van der Waals surface area contributed by atoms with Crippen molar-refractivity contribution in [1.82, 2.24) is 4.90 Å². The van der Waals surface area contributed by atoms with E-state index in [2.05, 4.69) is 42.2 Å². The average Bonchev–Trinajstić information content (AvgIpc) is 2.28. The molecule has 0 spiro atoms. The predicted octanol–water partition coefficient (Wildman–Crippen LogP) is 2.64. The lowest BCUT2D eigenvalue weighted by Crippen LogP contribution is -2.41. The monoisotopic (exact) mass is 232 g/mol. The summed E-state index contributed by atoms with van der Waals surface area (Å²) in [4.78, 5) is 2.51. The summed E-state index contributed by atoms with van der Waals surface area (Å²) in [6.07, 6.45) is 4.16. The first kappa shape index (κ1) is 12.6. The summed E-state index contributed by atoms with van der Waals surface area (Å²) in [7, 11) is 0. The Balaban J connectivity index is 1.92. The highest BCUT2D eigenvalue weighted by atomic mass is 15.1. The number of rotatable bonds is 6. The Kier molecular flexibility index (Phi) is 4.19. The van der Waals surface area contributed by atoms with Gasteiger partial charge in [-0.2, -0.15) is 0 Å². The minimum atomic E-state index is 0.546. The van der Waals surface area contributed by atoms with E-state index in [4.69, 9.17) is 5.73 Å². The Morgan fingerprint density at radius 3 is 2.47 bits per heavy atom. The minimum absolute atomic E-state index is 0.546. The smallest absolute Gasteiger partial charge is 0.0234 e. The van der Waals surface area contributed by atoms with Gasteiger partial charge >= 0.3 is 0 Å². The van der Waals surface area contributed by atoms with Crippen LogP contribution in [0.3, 0.4) is 0 Å². The van der Waals surface area contributed by atoms with Gasteiger partial charge in [-0.05, 0) is 23.8 Å². The highest BCUT2D eigenvalue weighted by molar-refractivity contribution is 5.14. The van der Waals surface area contributed by atoms with Crippen LogP contribution in [0.2, 0.25) is 0 Å². The fourth-order valence-corrected chi connectivity index (χ4v) is 2.72. The highest BCUT2D eigenvalue weighted by Crippen LogP contribution is 2.40. The molecule has 0 atom stereocenters. The van der Waals surface area contributed by atoms with Gasteiger partial charge in [0.1, 0.15) is 0 Å². The molecule has 0 aliphatic heterocycles. The highest BCUT2D eigenvalue weighted by Gasteiger charge is 2.33. The molecule has 1 aliphatic carbocycles. The maximum Gasteiger partial charge on any atom is 0.0234 e. The molecule has 0 bridgehead atoms. The molecule has 0 radical (unpaired) electrons. The van der Waals surface area contributed by atoms with Gasteiger partial charge in [0.15, 0.2) is 0 Å². The van der Waals surface area contributed by atoms with Gasteiger partial charge in [0.2, 0.25) is 0 Å². The summed E-state index contributed by atoms with van der Waals surface area (Å²) in [6.45, 7) is 6.39. The molecule has 0 saturated heterocycles. The lowest BCUT2D eigenvalue weighted by Gasteiger charge is -2.42. The van der Waals surface area contributed by atoms with Crippen LogP contribution in [0, 0.1) is 5.41 Å². The molecule has 1 aromatic carbocycles. The topological polar surface area (TPSA) is 29.3 Å². The van der Waals surface area contributed by atoms with Crippen LogP contribution in [0.1, 0.15) is 31.7 Å². The van der Waals surface area contributed by atoms with Crippen LogP contribution < -0.4 is 5.73 Å². The Bertz CT molecular complexity index is 330. The normalized spacial score (nSPS) is 18.1. The molecule has 1 aliphatic rings. The van der Waals surface area contributed by atoms with Crippen molar-refractivity contribution in [2.75, 3.05) is 19.6 Å². The summed E-state index contributed by atoms with van der Waals surface area (Å²) in [5.41, 5.74) is 7.66. The third kappa shape index (κ3) is 3.55. The third-order valence-corrected chi connectivity index (χ3v) is 3.86. The van der Waals surface area contributed by atoms with Gasteiger partial charge in [-0.15, -0.1) is 0 Å². The van der Waals surface area contributed by atoms with Crippen molar-refractivity contribution in [3.63, 3.8) is 0 Å². The SMILES string of the molecule is CC1(CN(CCN)Cc2ccccc2)CCC1. The lowest BCUT2D eigenvalue weighted by molar-refractivity contribution is 0.0828. The number of hydrogen-bond acceptors (Lipinski definition) is 2. The molecule has 1 aromatic rings. The summed E-state index contributed by atoms with van der Waals surface area (Å²) in [5.74, 6) is 0. The van der Waals surface area contributed by atoms with Crippen LogP contribution in [0.25, 0.3) is 0 Å². The van der Waals surface area contributed by atoms with Crippen molar-refractivity contribution in [3.05, 3.63) is 35.9 Å². The zero-order chi connectivity index (χ0) is 12.1. The molecule has 17 heavy (non-hydrogen) atoms. The maximum absolute atomic E-state index is 5.72. The lowest BCUT2D eigenvalue weighted by atomic mass is 9.70. The zero-order valence-corrected chi connectivity index (χ0v) is 10.9. The van der Waals surface area contributed by atoms with Crippen molar-refractivity contribution in [1.29, 1.82) is 0 Å². The van der Waals surface area contributed by atoms with Gasteiger partial charge in [0, 0.05) is 26.2 Å². The van der Waals surface area contributed by atoms with Crippen molar-refractivity contribution in [3.8, 4) is 0 Å². The molecule has 2 N–H and O–H groups in total. The Hall–Kier alpha value is -0.860. The van der Waals surface area contributed by atoms with Crippen LogP contribution >= 0.6 is 0 Å². The first-order chi connectivity index (χ1) is 8.22. The van der Waals surface area contributed by atoms with Gasteiger partial charge in [0.05, 0.1) is 0 Å². The Morgan fingerprint density at radius 2 is 1.94 bits per heavy atom. The molecule has 1 saturated carbocycles. The van der Waals surface area contributed by atoms with Crippen LogP contribution in [-0.2, 0) is 6.54 Å². The molecule has 2 rings (SSSR count). The molecule has 2 heteroatoms. The largest absolute Gasteiger partial charge is 0.329 e. The third-order valence-electron chi connectivity index (χ3n) is 3.86. The summed E-state index contributed by atoms with van der Waals surface area (Å²) in [5, 5.41) is 0. The molecule has 0 amide bonds. The second-order valence-electron chi connectivity index (χ2n) is 5.65. The van der Waals surface area contributed by atoms with Crippen LogP contribution in [-0.4, -0.2) is 24.5 Å². The van der Waals surface area contributed by atoms with E-state index in [1.165, 1.54) is 31.4 Å². The van der Waals surface area contributed by atoms with Gasteiger partial charge in [-0.1, -0.05) is 43.7 Å². The van der Waals surface area contributed by atoms with E-state index in [1.54, 1.807) is 0 Å². The summed E-state index contributed by atoms with van der Waals surface area (Å²) < 4.78 is 0. The van der Waals surface area contributed by atoms with E-state index < -0.39 is 0 Å².